The van der Waals surface area contributed by atoms with Gasteiger partial charge < -0.3 is 20.5 Å². The molecule has 5 aromatic rings. The second-order valence-corrected chi connectivity index (χ2v) is 8.87. The van der Waals surface area contributed by atoms with Crippen molar-refractivity contribution in [2.45, 2.75) is 18.8 Å². The highest BCUT2D eigenvalue weighted by atomic mass is 16.2. The highest BCUT2D eigenvalue weighted by Gasteiger charge is 2.25. The van der Waals surface area contributed by atoms with Gasteiger partial charge in [0.25, 0.3) is 10.9 Å². The van der Waals surface area contributed by atoms with E-state index in [1.807, 2.05) is 54.7 Å². The number of aromatic amines is 1. The number of H-pyrrole nitrogens is 1. The summed E-state index contributed by atoms with van der Waals surface area (Å²) in [5.74, 6) is 1.28. The van der Waals surface area contributed by atoms with Crippen molar-refractivity contribution >= 4 is 39.6 Å². The van der Waals surface area contributed by atoms with Gasteiger partial charge in [-0.05, 0) is 48.7 Å². The number of anilines is 5. The molecule has 0 spiro atoms. The zero-order valence-corrected chi connectivity index (χ0v) is 19.0. The summed E-state index contributed by atoms with van der Waals surface area (Å²) in [6.45, 7) is 1.80. The molecule has 0 saturated carbocycles. The molecule has 3 heterocycles. The van der Waals surface area contributed by atoms with Gasteiger partial charge in [-0.25, -0.2) is 9.97 Å². The van der Waals surface area contributed by atoms with Crippen LogP contribution in [0.25, 0.3) is 11.0 Å². The van der Waals surface area contributed by atoms with Gasteiger partial charge in [-0.1, -0.05) is 30.3 Å². The van der Waals surface area contributed by atoms with E-state index in [-0.39, 0.29) is 0 Å². The van der Waals surface area contributed by atoms with E-state index < -0.39 is 10.9 Å². The van der Waals surface area contributed by atoms with E-state index in [0.29, 0.717) is 17.3 Å². The number of rotatable bonds is 6. The maximum Gasteiger partial charge on any atom is 0.253 e. The minimum absolute atomic E-state index is 0.301. The highest BCUT2D eigenvalue weighted by molar-refractivity contribution is 5.87. The molecule has 1 atom stereocenters. The monoisotopic (exact) mass is 464 g/mol. The lowest BCUT2D eigenvalue weighted by Crippen LogP contribution is -2.36. The second-order valence-electron chi connectivity index (χ2n) is 8.87. The lowest BCUT2D eigenvalue weighted by atomic mass is 9.90. The molecule has 35 heavy (non-hydrogen) atoms. The summed E-state index contributed by atoms with van der Waals surface area (Å²) in [6, 6.07) is 19.5. The number of nitrogens with one attached hydrogen (secondary N) is 3. The molecule has 1 saturated heterocycles. The van der Waals surface area contributed by atoms with E-state index in [1.54, 1.807) is 6.33 Å². The van der Waals surface area contributed by atoms with Crippen LogP contribution in [-0.4, -0.2) is 28.0 Å². The first-order chi connectivity index (χ1) is 17.2. The number of piperidine rings is 1. The Morgan fingerprint density at radius 2 is 1.66 bits per heavy atom. The van der Waals surface area contributed by atoms with Crippen LogP contribution >= 0.6 is 0 Å². The van der Waals surface area contributed by atoms with E-state index in [9.17, 15) is 9.59 Å². The van der Waals surface area contributed by atoms with E-state index in [2.05, 4.69) is 42.6 Å². The topological polar surface area (TPSA) is 103 Å². The summed E-state index contributed by atoms with van der Waals surface area (Å²) >= 11 is 0. The fourth-order valence-corrected chi connectivity index (χ4v) is 4.86. The largest absolute Gasteiger partial charge is 0.355 e. The van der Waals surface area contributed by atoms with E-state index in [0.717, 1.165) is 54.2 Å². The van der Waals surface area contributed by atoms with Crippen molar-refractivity contribution in [2.24, 2.45) is 0 Å². The first-order valence-electron chi connectivity index (χ1n) is 11.7. The van der Waals surface area contributed by atoms with E-state index in [1.165, 1.54) is 5.56 Å². The van der Waals surface area contributed by atoms with Crippen LogP contribution in [0, 0.1) is 0 Å². The molecular formula is C27H24N6O2. The molecule has 174 valence electrons. The zero-order valence-electron chi connectivity index (χ0n) is 19.0. The Bertz CT molecular complexity index is 1570. The van der Waals surface area contributed by atoms with Crippen LogP contribution in [0.15, 0.2) is 82.8 Å². The van der Waals surface area contributed by atoms with Gasteiger partial charge >= 0.3 is 0 Å². The number of hydrogen-bond acceptors (Lipinski definition) is 7. The van der Waals surface area contributed by atoms with Crippen molar-refractivity contribution in [1.29, 1.82) is 0 Å². The molecule has 6 rings (SSSR count). The van der Waals surface area contributed by atoms with Crippen molar-refractivity contribution in [3.05, 3.63) is 99.2 Å². The van der Waals surface area contributed by atoms with Gasteiger partial charge in [0.05, 0.1) is 5.39 Å². The highest BCUT2D eigenvalue weighted by Crippen LogP contribution is 2.33. The van der Waals surface area contributed by atoms with Gasteiger partial charge in [0.15, 0.2) is 0 Å². The molecule has 2 aromatic heterocycles. The first kappa shape index (κ1) is 21.1. The normalized spacial score (nSPS) is 16.0. The van der Waals surface area contributed by atoms with Gasteiger partial charge in [0, 0.05) is 36.6 Å². The van der Waals surface area contributed by atoms with Crippen LogP contribution in [0.2, 0.25) is 0 Å². The molecule has 1 fully saturated rings. The standard InChI is InChI=1S/C27H24N6O2/c34-24-22(31-19-8-2-1-3-9-19)23(25(24)35)32-20-10-4-6-17(14-20)18-7-5-13-33(15-18)27-21-11-12-28-26(21)29-16-30-27/h1-4,6,8-12,14,16,18,31-32H,5,7,13,15H2,(H,28,29,30). The molecular weight excluding hydrogens is 440 g/mol. The van der Waals surface area contributed by atoms with Gasteiger partial charge in [0.2, 0.25) is 0 Å². The van der Waals surface area contributed by atoms with Crippen molar-refractivity contribution in [2.75, 3.05) is 28.6 Å². The lowest BCUT2D eigenvalue weighted by Gasteiger charge is -2.34. The average molecular weight is 465 g/mol. The molecule has 0 aliphatic carbocycles. The van der Waals surface area contributed by atoms with Gasteiger partial charge in [0.1, 0.15) is 29.2 Å². The van der Waals surface area contributed by atoms with Crippen LogP contribution in [0.1, 0.15) is 24.3 Å². The summed E-state index contributed by atoms with van der Waals surface area (Å²) in [7, 11) is 0. The number of aromatic nitrogens is 3. The van der Waals surface area contributed by atoms with Gasteiger partial charge in [-0.15, -0.1) is 0 Å². The molecule has 0 bridgehead atoms. The quantitative estimate of drug-likeness (QED) is 0.320. The Morgan fingerprint density at radius 3 is 2.49 bits per heavy atom. The maximum absolute atomic E-state index is 12.3. The first-order valence-corrected chi connectivity index (χ1v) is 11.7. The Kier molecular flexibility index (Phi) is 5.25. The Morgan fingerprint density at radius 1 is 0.886 bits per heavy atom. The Labute approximate surface area is 201 Å². The minimum atomic E-state index is -0.503. The predicted octanol–water partition coefficient (Wildman–Crippen LogP) is 4.43. The summed E-state index contributed by atoms with van der Waals surface area (Å²) in [5.41, 5.74) is 3.18. The van der Waals surface area contributed by atoms with Gasteiger partial charge in [-0.3, -0.25) is 9.59 Å². The zero-order chi connectivity index (χ0) is 23.8. The maximum atomic E-state index is 12.3. The van der Waals surface area contributed by atoms with Crippen molar-refractivity contribution in [3.8, 4) is 0 Å². The summed E-state index contributed by atoms with van der Waals surface area (Å²) in [5, 5.41) is 7.28. The average Bonchev–Trinajstić information content (AvgIpc) is 3.40. The second kappa shape index (κ2) is 8.72. The molecule has 0 radical (unpaired) electrons. The fourth-order valence-electron chi connectivity index (χ4n) is 4.86. The number of benzene rings is 2. The Balaban J connectivity index is 1.22. The summed E-state index contributed by atoms with van der Waals surface area (Å²) in [4.78, 5) is 38.9. The molecule has 1 aliphatic rings. The van der Waals surface area contributed by atoms with Crippen molar-refractivity contribution in [1.82, 2.24) is 15.0 Å². The SMILES string of the molecule is O=c1c(Nc2ccccc2)c(Nc2cccc(C3CCCN(c4ncnc5[nH]ccc45)C3)c2)c1=O. The molecule has 8 nitrogen and oxygen atoms in total. The van der Waals surface area contributed by atoms with Crippen LogP contribution in [0.3, 0.4) is 0 Å². The van der Waals surface area contributed by atoms with Crippen LogP contribution in [-0.2, 0) is 0 Å². The smallest absolute Gasteiger partial charge is 0.253 e. The molecule has 8 heteroatoms. The summed E-state index contributed by atoms with van der Waals surface area (Å²) < 4.78 is 0. The summed E-state index contributed by atoms with van der Waals surface area (Å²) in [6.07, 6.45) is 5.62. The van der Waals surface area contributed by atoms with E-state index >= 15 is 0 Å². The van der Waals surface area contributed by atoms with Crippen molar-refractivity contribution < 1.29 is 0 Å². The predicted molar refractivity (Wildman–Crippen MR) is 139 cm³/mol. The third-order valence-corrected chi connectivity index (χ3v) is 6.63. The fraction of sp³-hybridized carbons (Fsp3) is 0.185. The lowest BCUT2D eigenvalue weighted by molar-refractivity contribution is 0.508. The van der Waals surface area contributed by atoms with Crippen LogP contribution < -0.4 is 26.4 Å². The molecule has 3 aromatic carbocycles. The van der Waals surface area contributed by atoms with Crippen molar-refractivity contribution in [3.63, 3.8) is 0 Å². The van der Waals surface area contributed by atoms with Crippen LogP contribution in [0.5, 0.6) is 0 Å². The van der Waals surface area contributed by atoms with Crippen LogP contribution in [0.4, 0.5) is 28.6 Å². The molecule has 0 amide bonds. The molecule has 1 aliphatic heterocycles. The molecule has 1 unspecified atom stereocenters. The van der Waals surface area contributed by atoms with E-state index in [4.69, 9.17) is 0 Å². The third kappa shape index (κ3) is 3.93. The van der Waals surface area contributed by atoms with Gasteiger partial charge in [-0.2, -0.15) is 0 Å². The number of nitrogens with zero attached hydrogens (tertiary/aromatic N) is 3. The minimum Gasteiger partial charge on any atom is -0.355 e. The number of hydrogen-bond donors (Lipinski definition) is 3. The number of para-hydroxylation sites is 1. The molecule has 3 N–H and O–H groups in total. The number of fused-ring (bicyclic) bond motifs is 1. The third-order valence-electron chi connectivity index (χ3n) is 6.63. The Hall–Kier alpha value is -4.46.